The molecule has 126 valence electrons. The summed E-state index contributed by atoms with van der Waals surface area (Å²) in [5, 5.41) is 11.9. The standard InChI is InChI=1S/C10H11F5N2O4S/c1-4(2)17-5(8(18)19)6(22(3,20)21)7(16-17)9(11,12)10(13,14)15/h4H,1-3H3,(H,18,19). The number of hydrogen-bond acceptors (Lipinski definition) is 4. The van der Waals surface area contributed by atoms with E-state index in [1.165, 1.54) is 13.8 Å². The molecule has 0 aromatic carbocycles. The highest BCUT2D eigenvalue weighted by Gasteiger charge is 2.63. The third-order valence-electron chi connectivity index (χ3n) is 2.58. The molecular weight excluding hydrogens is 339 g/mol. The first-order chi connectivity index (χ1) is 9.62. The summed E-state index contributed by atoms with van der Waals surface area (Å²) in [6.07, 6.45) is -5.80. The summed E-state index contributed by atoms with van der Waals surface area (Å²) in [5.74, 6) is -7.60. The summed E-state index contributed by atoms with van der Waals surface area (Å²) in [4.78, 5) is 9.49. The molecule has 1 N–H and O–H groups in total. The van der Waals surface area contributed by atoms with Crippen molar-refractivity contribution in [2.75, 3.05) is 6.26 Å². The average molecular weight is 350 g/mol. The van der Waals surface area contributed by atoms with Gasteiger partial charge in [0.05, 0.1) is 0 Å². The highest BCUT2D eigenvalue weighted by Crippen LogP contribution is 2.46. The lowest BCUT2D eigenvalue weighted by atomic mass is 10.2. The van der Waals surface area contributed by atoms with Gasteiger partial charge in [-0.05, 0) is 13.8 Å². The Morgan fingerprint density at radius 1 is 1.23 bits per heavy atom. The molecule has 1 rings (SSSR count). The molecule has 0 saturated carbocycles. The van der Waals surface area contributed by atoms with E-state index < -0.39 is 50.2 Å². The molecule has 0 aliphatic heterocycles. The highest BCUT2D eigenvalue weighted by molar-refractivity contribution is 7.90. The van der Waals surface area contributed by atoms with Crippen molar-refractivity contribution < 1.29 is 40.3 Å². The second kappa shape index (κ2) is 5.18. The number of alkyl halides is 5. The van der Waals surface area contributed by atoms with Crippen LogP contribution in [-0.4, -0.2) is 41.7 Å². The topological polar surface area (TPSA) is 89.3 Å². The second-order valence-electron chi connectivity index (χ2n) is 4.71. The van der Waals surface area contributed by atoms with Gasteiger partial charge in [-0.3, -0.25) is 4.68 Å². The molecule has 6 nitrogen and oxygen atoms in total. The Morgan fingerprint density at radius 3 is 1.95 bits per heavy atom. The van der Waals surface area contributed by atoms with E-state index in [1.807, 2.05) is 0 Å². The lowest BCUT2D eigenvalue weighted by molar-refractivity contribution is -0.292. The molecular formula is C10H11F5N2O4S. The molecule has 1 aromatic heterocycles. The van der Waals surface area contributed by atoms with Crippen LogP contribution >= 0.6 is 0 Å². The van der Waals surface area contributed by atoms with Crippen LogP contribution in [0, 0.1) is 0 Å². The van der Waals surface area contributed by atoms with E-state index in [1.54, 1.807) is 0 Å². The summed E-state index contributed by atoms with van der Waals surface area (Å²) in [6, 6.07) is -0.954. The third kappa shape index (κ3) is 2.91. The fraction of sp³-hybridized carbons (Fsp3) is 0.600. The van der Waals surface area contributed by atoms with E-state index in [0.717, 1.165) is 0 Å². The second-order valence-corrected chi connectivity index (χ2v) is 6.67. The van der Waals surface area contributed by atoms with Crippen LogP contribution < -0.4 is 0 Å². The lowest BCUT2D eigenvalue weighted by Crippen LogP contribution is -2.35. The Labute approximate surface area is 121 Å². The SMILES string of the molecule is CC(C)n1nc(C(F)(F)C(F)(F)F)c(S(C)(=O)=O)c1C(=O)O. The van der Waals surface area contributed by atoms with E-state index in [4.69, 9.17) is 5.11 Å². The Hall–Kier alpha value is -1.72. The predicted octanol–water partition coefficient (Wildman–Crippen LogP) is 2.22. The predicted molar refractivity (Wildman–Crippen MR) is 62.6 cm³/mol. The molecule has 22 heavy (non-hydrogen) atoms. The van der Waals surface area contributed by atoms with Gasteiger partial charge in [-0.15, -0.1) is 0 Å². The van der Waals surface area contributed by atoms with Crippen molar-refractivity contribution >= 4 is 15.8 Å². The number of carboxylic acids is 1. The number of halogens is 5. The minimum Gasteiger partial charge on any atom is -0.476 e. The Morgan fingerprint density at radius 2 is 1.68 bits per heavy atom. The van der Waals surface area contributed by atoms with Gasteiger partial charge in [0.2, 0.25) is 0 Å². The smallest absolute Gasteiger partial charge is 0.459 e. The van der Waals surface area contributed by atoms with E-state index in [0.29, 0.717) is 10.9 Å². The van der Waals surface area contributed by atoms with Gasteiger partial charge in [0.25, 0.3) is 0 Å². The van der Waals surface area contributed by atoms with Crippen LogP contribution in [0.5, 0.6) is 0 Å². The zero-order valence-corrected chi connectivity index (χ0v) is 12.3. The monoisotopic (exact) mass is 350 g/mol. The van der Waals surface area contributed by atoms with Crippen LogP contribution in [-0.2, 0) is 15.8 Å². The van der Waals surface area contributed by atoms with E-state index in [2.05, 4.69) is 5.10 Å². The Kier molecular flexibility index (Phi) is 4.31. The number of carboxylic acid groups (broad SMARTS) is 1. The van der Waals surface area contributed by atoms with Gasteiger partial charge < -0.3 is 5.11 Å². The fourth-order valence-corrected chi connectivity index (χ4v) is 2.73. The quantitative estimate of drug-likeness (QED) is 0.841. The Balaban J connectivity index is 3.97. The summed E-state index contributed by atoms with van der Waals surface area (Å²) in [5.41, 5.74) is -3.38. The Bertz CT molecular complexity index is 706. The fourth-order valence-electron chi connectivity index (χ4n) is 1.68. The number of rotatable bonds is 4. The number of aromatic nitrogens is 2. The summed E-state index contributed by atoms with van der Waals surface area (Å²) < 4.78 is 88.0. The van der Waals surface area contributed by atoms with Gasteiger partial charge in [-0.25, -0.2) is 13.2 Å². The summed E-state index contributed by atoms with van der Waals surface area (Å²) in [6.45, 7) is 2.50. The first-order valence-corrected chi connectivity index (χ1v) is 7.52. The lowest BCUT2D eigenvalue weighted by Gasteiger charge is -2.18. The van der Waals surface area contributed by atoms with Crippen LogP contribution in [0.1, 0.15) is 36.1 Å². The van der Waals surface area contributed by atoms with Crippen LogP contribution in [0.25, 0.3) is 0 Å². The number of sulfone groups is 1. The van der Waals surface area contributed by atoms with Gasteiger partial charge in [-0.1, -0.05) is 0 Å². The normalized spacial score (nSPS) is 13.7. The third-order valence-corrected chi connectivity index (χ3v) is 3.71. The average Bonchev–Trinajstić information content (AvgIpc) is 2.67. The number of hydrogen-bond donors (Lipinski definition) is 1. The summed E-state index contributed by atoms with van der Waals surface area (Å²) in [7, 11) is -4.71. The highest BCUT2D eigenvalue weighted by atomic mass is 32.2. The van der Waals surface area contributed by atoms with Gasteiger partial charge >= 0.3 is 18.1 Å². The van der Waals surface area contributed by atoms with E-state index in [-0.39, 0.29) is 0 Å². The van der Waals surface area contributed by atoms with Crippen molar-refractivity contribution in [2.24, 2.45) is 0 Å². The van der Waals surface area contributed by atoms with Crippen molar-refractivity contribution in [2.45, 2.75) is 36.9 Å². The van der Waals surface area contributed by atoms with Crippen molar-refractivity contribution in [3.63, 3.8) is 0 Å². The molecule has 1 heterocycles. The minimum absolute atomic E-state index is 0.313. The maximum atomic E-state index is 13.5. The molecule has 0 aliphatic carbocycles. The minimum atomic E-state index is -6.13. The van der Waals surface area contributed by atoms with Crippen LogP contribution in [0.3, 0.4) is 0 Å². The van der Waals surface area contributed by atoms with Crippen LogP contribution in [0.15, 0.2) is 4.90 Å². The van der Waals surface area contributed by atoms with Crippen molar-refractivity contribution in [3.05, 3.63) is 11.4 Å². The van der Waals surface area contributed by atoms with E-state index in [9.17, 15) is 35.2 Å². The van der Waals surface area contributed by atoms with Gasteiger partial charge in [0, 0.05) is 12.3 Å². The first-order valence-electron chi connectivity index (χ1n) is 5.63. The van der Waals surface area contributed by atoms with Crippen LogP contribution in [0.4, 0.5) is 22.0 Å². The molecule has 0 radical (unpaired) electrons. The zero-order valence-electron chi connectivity index (χ0n) is 11.4. The summed E-state index contributed by atoms with van der Waals surface area (Å²) >= 11 is 0. The molecule has 0 aliphatic rings. The number of nitrogens with zero attached hydrogens (tertiary/aromatic N) is 2. The van der Waals surface area contributed by atoms with Gasteiger partial charge in [0.1, 0.15) is 4.90 Å². The van der Waals surface area contributed by atoms with Crippen LogP contribution in [0.2, 0.25) is 0 Å². The maximum Gasteiger partial charge on any atom is 0.459 e. The van der Waals surface area contributed by atoms with Crippen molar-refractivity contribution in [3.8, 4) is 0 Å². The molecule has 0 saturated heterocycles. The molecule has 0 atom stereocenters. The molecule has 0 bridgehead atoms. The molecule has 12 heteroatoms. The molecule has 1 aromatic rings. The molecule has 0 spiro atoms. The molecule has 0 fully saturated rings. The van der Waals surface area contributed by atoms with E-state index >= 15 is 0 Å². The number of aromatic carboxylic acids is 1. The number of carbonyl (C=O) groups is 1. The van der Waals surface area contributed by atoms with Gasteiger partial charge in [0.15, 0.2) is 21.2 Å². The first kappa shape index (κ1) is 18.3. The maximum absolute atomic E-state index is 13.5. The van der Waals surface area contributed by atoms with Crippen molar-refractivity contribution in [1.29, 1.82) is 0 Å². The molecule has 0 unspecified atom stereocenters. The van der Waals surface area contributed by atoms with Crippen molar-refractivity contribution in [1.82, 2.24) is 9.78 Å². The largest absolute Gasteiger partial charge is 0.476 e. The van der Waals surface area contributed by atoms with Gasteiger partial charge in [-0.2, -0.15) is 27.1 Å². The molecule has 0 amide bonds. The zero-order chi connectivity index (χ0) is 17.7.